The van der Waals surface area contributed by atoms with E-state index >= 15 is 8.78 Å². The fraction of sp³-hybridized carbons (Fsp3) is 0.452. The van der Waals surface area contributed by atoms with Crippen LogP contribution in [0.4, 0.5) is 13.2 Å². The van der Waals surface area contributed by atoms with Crippen molar-refractivity contribution in [2.75, 3.05) is 0 Å². The van der Waals surface area contributed by atoms with Crippen LogP contribution >= 0.6 is 0 Å². The summed E-state index contributed by atoms with van der Waals surface area (Å²) in [4.78, 5) is 0. The molecule has 0 aromatic carbocycles. The van der Waals surface area contributed by atoms with Crippen LogP contribution in [0.3, 0.4) is 0 Å². The van der Waals surface area contributed by atoms with E-state index in [1.807, 2.05) is 0 Å². The van der Waals surface area contributed by atoms with Crippen LogP contribution < -0.4 is 0 Å². The van der Waals surface area contributed by atoms with E-state index in [0.717, 1.165) is 31.3 Å². The van der Waals surface area contributed by atoms with Crippen molar-refractivity contribution in [2.24, 2.45) is 11.3 Å². The van der Waals surface area contributed by atoms with E-state index in [0.29, 0.717) is 41.6 Å². The number of hydrogen-bond acceptors (Lipinski definition) is 0. The van der Waals surface area contributed by atoms with E-state index in [4.69, 9.17) is 0 Å². The molecular formula is C31H39F3. The lowest BCUT2D eigenvalue weighted by atomic mass is 9.79. The fourth-order valence-electron chi connectivity index (χ4n) is 4.32. The second-order valence-corrected chi connectivity index (χ2v) is 9.83. The summed E-state index contributed by atoms with van der Waals surface area (Å²) in [7, 11) is 0. The lowest BCUT2D eigenvalue weighted by Crippen LogP contribution is -2.13. The summed E-state index contributed by atoms with van der Waals surface area (Å²) in [6, 6.07) is 0. The van der Waals surface area contributed by atoms with Crippen LogP contribution in [0.15, 0.2) is 100 Å². The Kier molecular flexibility index (Phi) is 10.0. The van der Waals surface area contributed by atoms with Crippen LogP contribution in [0.5, 0.6) is 0 Å². The molecule has 184 valence electrons. The van der Waals surface area contributed by atoms with Gasteiger partial charge in [0.25, 0.3) is 0 Å². The summed E-state index contributed by atoms with van der Waals surface area (Å²) in [6.45, 7) is 17.7. The molecule has 2 rings (SSSR count). The predicted octanol–water partition coefficient (Wildman–Crippen LogP) is 10.4. The normalized spacial score (nSPS) is 19.2. The van der Waals surface area contributed by atoms with Crippen molar-refractivity contribution < 1.29 is 13.2 Å². The molecule has 0 radical (unpaired) electrons. The highest BCUT2D eigenvalue weighted by molar-refractivity contribution is 5.57. The largest absolute Gasteiger partial charge is 0.211 e. The minimum Gasteiger partial charge on any atom is -0.211 e. The fourth-order valence-corrected chi connectivity index (χ4v) is 4.32. The average Bonchev–Trinajstić information content (AvgIpc) is 3.01. The Hall–Kier alpha value is -2.51. The zero-order chi connectivity index (χ0) is 25.5. The third kappa shape index (κ3) is 7.00. The van der Waals surface area contributed by atoms with Gasteiger partial charge in [-0.05, 0) is 91.0 Å². The molecule has 0 nitrogen and oxygen atoms in total. The van der Waals surface area contributed by atoms with Crippen molar-refractivity contribution in [1.82, 2.24) is 0 Å². The number of allylic oxidation sites excluding steroid dienone is 13. The van der Waals surface area contributed by atoms with Crippen LogP contribution in [-0.4, -0.2) is 0 Å². The lowest BCUT2D eigenvalue weighted by molar-refractivity contribution is 0.266. The molecule has 34 heavy (non-hydrogen) atoms. The molecule has 1 atom stereocenters. The van der Waals surface area contributed by atoms with Crippen LogP contribution in [0, 0.1) is 11.3 Å². The third-order valence-corrected chi connectivity index (χ3v) is 7.43. The van der Waals surface area contributed by atoms with Crippen molar-refractivity contribution in [3.05, 3.63) is 100 Å². The Balaban J connectivity index is 2.41. The van der Waals surface area contributed by atoms with Gasteiger partial charge in [0.2, 0.25) is 0 Å². The first-order chi connectivity index (χ1) is 16.0. The van der Waals surface area contributed by atoms with E-state index < -0.39 is 17.6 Å². The molecule has 0 N–H and O–H groups in total. The smallest absolute Gasteiger partial charge is 0.168 e. The van der Waals surface area contributed by atoms with Gasteiger partial charge in [-0.15, -0.1) is 0 Å². The lowest BCUT2D eigenvalue weighted by Gasteiger charge is -2.26. The summed E-state index contributed by atoms with van der Waals surface area (Å²) in [5.74, 6) is -2.10. The van der Waals surface area contributed by atoms with Gasteiger partial charge in [0, 0.05) is 11.5 Å². The van der Waals surface area contributed by atoms with E-state index in [1.54, 1.807) is 26.0 Å². The van der Waals surface area contributed by atoms with Gasteiger partial charge in [0.1, 0.15) is 11.7 Å². The van der Waals surface area contributed by atoms with E-state index in [-0.39, 0.29) is 16.8 Å². The van der Waals surface area contributed by atoms with E-state index in [9.17, 15) is 4.39 Å². The first-order valence-corrected chi connectivity index (χ1v) is 12.4. The monoisotopic (exact) mass is 468 g/mol. The predicted molar refractivity (Wildman–Crippen MR) is 139 cm³/mol. The van der Waals surface area contributed by atoms with Crippen molar-refractivity contribution >= 4 is 0 Å². The molecule has 0 aromatic heterocycles. The number of rotatable bonds is 11. The Morgan fingerprint density at radius 1 is 1.12 bits per heavy atom. The number of hydrogen-bond donors (Lipinski definition) is 0. The Labute approximate surface area is 204 Å². The molecule has 3 heteroatoms. The molecule has 2 aliphatic carbocycles. The maximum Gasteiger partial charge on any atom is 0.168 e. The zero-order valence-electron chi connectivity index (χ0n) is 21.5. The molecule has 2 aliphatic rings. The molecule has 0 saturated carbocycles. The van der Waals surface area contributed by atoms with Crippen LogP contribution in [0.1, 0.15) is 79.6 Å². The average molecular weight is 469 g/mol. The summed E-state index contributed by atoms with van der Waals surface area (Å²) in [6.07, 6.45) is 13.3. The van der Waals surface area contributed by atoms with Crippen molar-refractivity contribution in [1.29, 1.82) is 0 Å². The van der Waals surface area contributed by atoms with Gasteiger partial charge in [-0.1, -0.05) is 71.1 Å². The van der Waals surface area contributed by atoms with E-state index in [1.165, 1.54) is 18.2 Å². The second-order valence-electron chi connectivity index (χ2n) is 9.83. The van der Waals surface area contributed by atoms with Gasteiger partial charge in [0.15, 0.2) is 5.83 Å². The molecular weight excluding hydrogens is 429 g/mol. The van der Waals surface area contributed by atoms with Gasteiger partial charge in [-0.3, -0.25) is 0 Å². The molecule has 1 unspecified atom stereocenters. The van der Waals surface area contributed by atoms with Gasteiger partial charge < -0.3 is 0 Å². The minimum absolute atomic E-state index is 0.251. The summed E-state index contributed by atoms with van der Waals surface area (Å²) >= 11 is 0. The third-order valence-electron chi connectivity index (χ3n) is 7.43. The molecule has 0 aromatic rings. The first-order valence-electron chi connectivity index (χ1n) is 12.4. The van der Waals surface area contributed by atoms with Crippen molar-refractivity contribution in [3.63, 3.8) is 0 Å². The topological polar surface area (TPSA) is 0 Å². The van der Waals surface area contributed by atoms with Crippen LogP contribution in [-0.2, 0) is 0 Å². The van der Waals surface area contributed by atoms with Crippen LogP contribution in [0.2, 0.25) is 0 Å². The molecule has 0 heterocycles. The Morgan fingerprint density at radius 2 is 1.79 bits per heavy atom. The number of halogens is 3. The molecule has 0 aliphatic heterocycles. The zero-order valence-corrected chi connectivity index (χ0v) is 21.5. The van der Waals surface area contributed by atoms with E-state index in [2.05, 4.69) is 39.7 Å². The van der Waals surface area contributed by atoms with Gasteiger partial charge >= 0.3 is 0 Å². The van der Waals surface area contributed by atoms with Crippen molar-refractivity contribution in [3.8, 4) is 0 Å². The minimum atomic E-state index is -0.773. The molecule has 0 fully saturated rings. The van der Waals surface area contributed by atoms with Crippen LogP contribution in [0.25, 0.3) is 0 Å². The standard InChI is InChI=1S/C31H39F3/c1-8-21(4)13-15-25-20-26(22(5)14-16-27(25)32)30-23(6)28(33)18-24(19-29(30)34)12-11-17-31(7,9-2)10-3/h8,14,18-20,23H,1,4,9-13,15,17H2,2-3,5-7H3. The highest BCUT2D eigenvalue weighted by atomic mass is 19.1. The Bertz CT molecular complexity index is 1030. The maximum atomic E-state index is 15.6. The second kappa shape index (κ2) is 12.3. The maximum absolute atomic E-state index is 15.6. The van der Waals surface area contributed by atoms with Gasteiger partial charge in [0.05, 0.1) is 0 Å². The molecule has 0 bridgehead atoms. The summed E-state index contributed by atoms with van der Waals surface area (Å²) in [5.41, 5.74) is 6.16. The van der Waals surface area contributed by atoms with Crippen molar-refractivity contribution in [2.45, 2.75) is 79.6 Å². The SMILES string of the molecule is C=CC(=C)CCC1=CC(C2=C(F)C=C(CCCC(C)(CC)CC)C=C(F)C2C)=C(C)C=C=C1F. The quantitative estimate of drug-likeness (QED) is 0.209. The highest BCUT2D eigenvalue weighted by Crippen LogP contribution is 2.40. The van der Waals surface area contributed by atoms with Gasteiger partial charge in [-0.25, -0.2) is 8.78 Å². The highest BCUT2D eigenvalue weighted by Gasteiger charge is 2.26. The Morgan fingerprint density at radius 3 is 2.41 bits per heavy atom. The summed E-state index contributed by atoms with van der Waals surface area (Å²) in [5, 5.41) is 0. The van der Waals surface area contributed by atoms with Gasteiger partial charge in [-0.2, -0.15) is 4.39 Å². The molecule has 0 saturated heterocycles. The molecule has 0 spiro atoms. The molecule has 0 amide bonds. The summed E-state index contributed by atoms with van der Waals surface area (Å²) < 4.78 is 45.5. The first kappa shape index (κ1) is 27.7.